The van der Waals surface area contributed by atoms with Crippen LogP contribution in [-0.4, -0.2) is 48.6 Å². The lowest BCUT2D eigenvalue weighted by Crippen LogP contribution is -2.32. The highest BCUT2D eigenvalue weighted by Crippen LogP contribution is 1.91. The van der Waals surface area contributed by atoms with Crippen LogP contribution in [0.4, 0.5) is 0 Å². The number of ether oxygens (including phenoxy) is 1. The zero-order valence-electron chi connectivity index (χ0n) is 9.15. The number of rotatable bonds is 9. The largest absolute Gasteiger partial charge is 0.409 e. The van der Waals surface area contributed by atoms with Crippen molar-refractivity contribution in [2.45, 2.75) is 25.8 Å². The molecule has 0 aliphatic heterocycles. The van der Waals surface area contributed by atoms with Gasteiger partial charge in [-0.15, -0.1) is 0 Å². The summed E-state index contributed by atoms with van der Waals surface area (Å²) in [6.07, 6.45) is 1.40. The number of hydrogen-bond acceptors (Lipinski definition) is 5. The first-order chi connectivity index (χ1) is 7.20. The predicted molar refractivity (Wildman–Crippen MR) is 58.0 cm³/mol. The van der Waals surface area contributed by atoms with Gasteiger partial charge >= 0.3 is 0 Å². The van der Waals surface area contributed by atoms with Gasteiger partial charge in [0.1, 0.15) is 5.84 Å². The van der Waals surface area contributed by atoms with E-state index in [1.54, 1.807) is 0 Å². The van der Waals surface area contributed by atoms with Crippen LogP contribution in [0.15, 0.2) is 5.16 Å². The van der Waals surface area contributed by atoms with E-state index in [4.69, 9.17) is 20.8 Å². The number of nitrogens with zero attached hydrogens (tertiary/aromatic N) is 1. The quantitative estimate of drug-likeness (QED) is 0.138. The summed E-state index contributed by atoms with van der Waals surface area (Å²) in [4.78, 5) is 0. The van der Waals surface area contributed by atoms with E-state index < -0.39 is 0 Å². The summed E-state index contributed by atoms with van der Waals surface area (Å²) < 4.78 is 5.09. The fourth-order valence-corrected chi connectivity index (χ4v) is 1.12. The Hall–Kier alpha value is -0.850. The lowest BCUT2D eigenvalue weighted by Gasteiger charge is -2.12. The molecule has 0 rings (SSSR count). The number of aliphatic hydroxyl groups excluding tert-OH is 1. The Balaban J connectivity index is 3.27. The van der Waals surface area contributed by atoms with Crippen molar-refractivity contribution in [1.29, 1.82) is 0 Å². The molecule has 0 fully saturated rings. The Labute approximate surface area is 90.1 Å². The van der Waals surface area contributed by atoms with Gasteiger partial charge in [-0.25, -0.2) is 0 Å². The summed E-state index contributed by atoms with van der Waals surface area (Å²) in [6.45, 7) is 3.86. The van der Waals surface area contributed by atoms with Gasteiger partial charge in [0.2, 0.25) is 0 Å². The van der Waals surface area contributed by atoms with Crippen molar-refractivity contribution in [1.82, 2.24) is 5.32 Å². The van der Waals surface area contributed by atoms with E-state index in [2.05, 4.69) is 10.5 Å². The molecule has 0 heterocycles. The fourth-order valence-electron chi connectivity index (χ4n) is 1.12. The smallest absolute Gasteiger partial charge is 0.140 e. The number of nitrogens with one attached hydrogen (secondary N) is 1. The van der Waals surface area contributed by atoms with Crippen molar-refractivity contribution in [3.63, 3.8) is 0 Å². The van der Waals surface area contributed by atoms with E-state index >= 15 is 0 Å². The molecule has 0 aliphatic rings. The van der Waals surface area contributed by atoms with Crippen molar-refractivity contribution in [3.05, 3.63) is 0 Å². The molecule has 90 valence electrons. The first-order valence-corrected chi connectivity index (χ1v) is 5.09. The molecule has 6 heteroatoms. The molecule has 0 aromatic rings. The normalized spacial score (nSPS) is 14.1. The minimum Gasteiger partial charge on any atom is -0.409 e. The Morgan fingerprint density at radius 1 is 1.53 bits per heavy atom. The van der Waals surface area contributed by atoms with Crippen LogP contribution in [0, 0.1) is 0 Å². The molecule has 1 unspecified atom stereocenters. The first-order valence-electron chi connectivity index (χ1n) is 5.09. The molecule has 1 atom stereocenters. The van der Waals surface area contributed by atoms with Gasteiger partial charge in [0.15, 0.2) is 0 Å². The summed E-state index contributed by atoms with van der Waals surface area (Å²) in [5.74, 6) is 0.228. The molecule has 0 amide bonds. The fraction of sp³-hybridized carbons (Fsp3) is 0.889. The molecule has 0 radical (unpaired) electrons. The Morgan fingerprint density at radius 2 is 2.27 bits per heavy atom. The van der Waals surface area contributed by atoms with Gasteiger partial charge in [-0.1, -0.05) is 5.16 Å². The van der Waals surface area contributed by atoms with E-state index in [-0.39, 0.29) is 18.5 Å². The maximum atomic E-state index is 8.45. The average Bonchev–Trinajstić information content (AvgIpc) is 2.23. The second kappa shape index (κ2) is 9.70. The SMILES string of the molecule is CC(CC(N)=NO)NCCCOCCO. The van der Waals surface area contributed by atoms with Gasteiger partial charge in [0.25, 0.3) is 0 Å². The van der Waals surface area contributed by atoms with E-state index in [9.17, 15) is 0 Å². The molecular formula is C9H21N3O3. The van der Waals surface area contributed by atoms with Crippen molar-refractivity contribution >= 4 is 5.84 Å². The highest BCUT2D eigenvalue weighted by molar-refractivity contribution is 5.80. The van der Waals surface area contributed by atoms with Gasteiger partial charge < -0.3 is 26.1 Å². The van der Waals surface area contributed by atoms with Gasteiger partial charge in [0, 0.05) is 19.1 Å². The first kappa shape index (κ1) is 14.2. The molecule has 5 N–H and O–H groups in total. The highest BCUT2D eigenvalue weighted by atomic mass is 16.5. The summed E-state index contributed by atoms with van der Waals surface area (Å²) >= 11 is 0. The van der Waals surface area contributed by atoms with Crippen LogP contribution in [0.2, 0.25) is 0 Å². The van der Waals surface area contributed by atoms with Crippen LogP contribution < -0.4 is 11.1 Å². The van der Waals surface area contributed by atoms with Crippen LogP contribution in [0.5, 0.6) is 0 Å². The molecule has 0 saturated carbocycles. The van der Waals surface area contributed by atoms with Crippen molar-refractivity contribution in [2.24, 2.45) is 10.9 Å². The van der Waals surface area contributed by atoms with E-state index in [0.29, 0.717) is 19.6 Å². The number of aliphatic hydroxyl groups is 1. The third kappa shape index (κ3) is 9.45. The van der Waals surface area contributed by atoms with Crippen LogP contribution in [0.3, 0.4) is 0 Å². The second-order valence-electron chi connectivity index (χ2n) is 3.34. The summed E-state index contributed by atoms with van der Waals surface area (Å²) in [6, 6.07) is 0.179. The second-order valence-corrected chi connectivity index (χ2v) is 3.34. The monoisotopic (exact) mass is 219 g/mol. The third-order valence-electron chi connectivity index (χ3n) is 1.84. The maximum absolute atomic E-state index is 8.45. The molecule has 0 aromatic heterocycles. The standard InChI is InChI=1S/C9H21N3O3/c1-8(7-9(10)12-14)11-3-2-5-15-6-4-13/h8,11,13-14H,2-7H2,1H3,(H2,10,12). The Kier molecular flexibility index (Phi) is 9.15. The number of nitrogens with two attached hydrogens (primary N) is 1. The highest BCUT2D eigenvalue weighted by Gasteiger charge is 2.03. The molecule has 0 spiro atoms. The molecule has 0 aromatic carbocycles. The van der Waals surface area contributed by atoms with Crippen LogP contribution in [0.1, 0.15) is 19.8 Å². The summed E-state index contributed by atoms with van der Waals surface area (Å²) in [5.41, 5.74) is 5.35. The van der Waals surface area contributed by atoms with Crippen molar-refractivity contribution < 1.29 is 15.1 Å². The van der Waals surface area contributed by atoms with Gasteiger partial charge in [-0.2, -0.15) is 0 Å². The van der Waals surface area contributed by atoms with Crippen LogP contribution >= 0.6 is 0 Å². The van der Waals surface area contributed by atoms with Crippen molar-refractivity contribution in [3.8, 4) is 0 Å². The predicted octanol–water partition coefficient (Wildman–Crippen LogP) is -0.500. The van der Waals surface area contributed by atoms with Gasteiger partial charge in [0.05, 0.1) is 13.2 Å². The molecule has 0 aliphatic carbocycles. The number of oxime groups is 1. The number of amidine groups is 1. The van der Waals surface area contributed by atoms with Gasteiger partial charge in [-0.3, -0.25) is 0 Å². The van der Waals surface area contributed by atoms with E-state index in [1.807, 2.05) is 6.92 Å². The topological polar surface area (TPSA) is 100 Å². The van der Waals surface area contributed by atoms with Gasteiger partial charge in [-0.05, 0) is 19.9 Å². The minimum atomic E-state index is 0.0628. The molecule has 6 nitrogen and oxygen atoms in total. The average molecular weight is 219 g/mol. The Bertz CT molecular complexity index is 176. The zero-order chi connectivity index (χ0) is 11.5. The maximum Gasteiger partial charge on any atom is 0.140 e. The summed E-state index contributed by atoms with van der Waals surface area (Å²) in [7, 11) is 0. The van der Waals surface area contributed by atoms with E-state index in [0.717, 1.165) is 13.0 Å². The lowest BCUT2D eigenvalue weighted by molar-refractivity contribution is 0.0905. The number of hydrogen-bond donors (Lipinski definition) is 4. The summed E-state index contributed by atoms with van der Waals surface area (Å²) in [5, 5.41) is 22.9. The van der Waals surface area contributed by atoms with Crippen LogP contribution in [-0.2, 0) is 4.74 Å². The van der Waals surface area contributed by atoms with E-state index in [1.165, 1.54) is 0 Å². The zero-order valence-corrected chi connectivity index (χ0v) is 9.15. The lowest BCUT2D eigenvalue weighted by atomic mass is 10.2. The minimum absolute atomic E-state index is 0.0628. The van der Waals surface area contributed by atoms with Crippen molar-refractivity contribution in [2.75, 3.05) is 26.4 Å². The molecule has 0 bridgehead atoms. The Morgan fingerprint density at radius 3 is 2.87 bits per heavy atom. The third-order valence-corrected chi connectivity index (χ3v) is 1.84. The molecular weight excluding hydrogens is 198 g/mol. The molecule has 15 heavy (non-hydrogen) atoms. The van der Waals surface area contributed by atoms with Crippen LogP contribution in [0.25, 0.3) is 0 Å². The molecule has 0 saturated heterocycles.